The summed E-state index contributed by atoms with van der Waals surface area (Å²) in [6.45, 7) is 7.76. The van der Waals surface area contributed by atoms with E-state index in [4.69, 9.17) is 4.74 Å². The van der Waals surface area contributed by atoms with Gasteiger partial charge < -0.3 is 15.0 Å². The molecule has 0 saturated heterocycles. The monoisotopic (exact) mass is 216 g/mol. The number of hydrogen-bond donors (Lipinski definition) is 1. The largest absolute Gasteiger partial charge is 0.468 e. The van der Waals surface area contributed by atoms with Crippen molar-refractivity contribution in [2.75, 3.05) is 34.3 Å². The van der Waals surface area contributed by atoms with Gasteiger partial charge in [0.1, 0.15) is 6.04 Å². The van der Waals surface area contributed by atoms with E-state index in [9.17, 15) is 4.79 Å². The molecule has 0 aromatic carbocycles. The molecule has 90 valence electrons. The molecule has 15 heavy (non-hydrogen) atoms. The summed E-state index contributed by atoms with van der Waals surface area (Å²) >= 11 is 0. The standard InChI is InChI=1S/C11H24N2O2/c1-11(2,3)9(10(14)15-6)12-7-8-13(4)5/h9,12H,7-8H2,1-6H3. The second-order valence-electron chi connectivity index (χ2n) is 5.08. The van der Waals surface area contributed by atoms with Crippen molar-refractivity contribution in [1.82, 2.24) is 10.2 Å². The van der Waals surface area contributed by atoms with E-state index in [0.717, 1.165) is 13.1 Å². The Balaban J connectivity index is 4.21. The van der Waals surface area contributed by atoms with Crippen LogP contribution in [0.25, 0.3) is 0 Å². The second-order valence-corrected chi connectivity index (χ2v) is 5.08. The molecular formula is C11H24N2O2. The van der Waals surface area contributed by atoms with Crippen LogP contribution in [0.3, 0.4) is 0 Å². The molecule has 1 unspecified atom stereocenters. The summed E-state index contributed by atoms with van der Waals surface area (Å²) in [5.41, 5.74) is -0.126. The van der Waals surface area contributed by atoms with Crippen molar-refractivity contribution in [2.24, 2.45) is 5.41 Å². The summed E-state index contributed by atoms with van der Waals surface area (Å²) in [6.07, 6.45) is 0. The minimum Gasteiger partial charge on any atom is -0.468 e. The quantitative estimate of drug-likeness (QED) is 0.688. The summed E-state index contributed by atoms with van der Waals surface area (Å²) in [6, 6.07) is -0.248. The van der Waals surface area contributed by atoms with Gasteiger partial charge in [-0.25, -0.2) is 0 Å². The summed E-state index contributed by atoms with van der Waals surface area (Å²) in [5.74, 6) is -0.193. The Morgan fingerprint density at radius 2 is 1.93 bits per heavy atom. The third-order valence-electron chi connectivity index (χ3n) is 2.21. The van der Waals surface area contributed by atoms with Gasteiger partial charge in [0.05, 0.1) is 7.11 Å². The highest BCUT2D eigenvalue weighted by atomic mass is 16.5. The molecule has 0 aliphatic carbocycles. The van der Waals surface area contributed by atoms with E-state index >= 15 is 0 Å². The molecule has 0 amide bonds. The van der Waals surface area contributed by atoms with Gasteiger partial charge in [-0.15, -0.1) is 0 Å². The minimum absolute atomic E-state index is 0.126. The first-order valence-corrected chi connectivity index (χ1v) is 5.25. The predicted octanol–water partition coefficient (Wildman–Crippen LogP) is 0.725. The Hall–Kier alpha value is -0.610. The number of carbonyl (C=O) groups excluding carboxylic acids is 1. The summed E-state index contributed by atoms with van der Waals surface area (Å²) in [4.78, 5) is 13.6. The topological polar surface area (TPSA) is 41.6 Å². The number of hydrogen-bond acceptors (Lipinski definition) is 4. The fourth-order valence-electron chi connectivity index (χ4n) is 1.29. The third-order valence-corrected chi connectivity index (χ3v) is 2.21. The maximum Gasteiger partial charge on any atom is 0.323 e. The van der Waals surface area contributed by atoms with Crippen LogP contribution in [0.1, 0.15) is 20.8 Å². The smallest absolute Gasteiger partial charge is 0.323 e. The van der Waals surface area contributed by atoms with Crippen LogP contribution < -0.4 is 5.32 Å². The van der Waals surface area contributed by atoms with Crippen LogP contribution in [0.4, 0.5) is 0 Å². The molecule has 0 aromatic rings. The number of nitrogens with zero attached hydrogens (tertiary/aromatic N) is 1. The van der Waals surface area contributed by atoms with E-state index in [1.54, 1.807) is 0 Å². The van der Waals surface area contributed by atoms with Crippen molar-refractivity contribution in [3.05, 3.63) is 0 Å². The van der Waals surface area contributed by atoms with Crippen LogP contribution in [-0.2, 0) is 9.53 Å². The normalized spacial score (nSPS) is 14.1. The van der Waals surface area contributed by atoms with E-state index in [1.165, 1.54) is 7.11 Å². The number of likely N-dealkylation sites (N-methyl/N-ethyl adjacent to an activating group) is 1. The first kappa shape index (κ1) is 14.4. The first-order valence-electron chi connectivity index (χ1n) is 5.25. The first-order chi connectivity index (χ1) is 6.79. The highest BCUT2D eigenvalue weighted by Gasteiger charge is 2.31. The van der Waals surface area contributed by atoms with Crippen molar-refractivity contribution < 1.29 is 9.53 Å². The molecule has 0 aromatic heterocycles. The van der Waals surface area contributed by atoms with Crippen LogP contribution in [0.5, 0.6) is 0 Å². The Kier molecular flexibility index (Phi) is 5.83. The summed E-state index contributed by atoms with van der Waals surface area (Å²) in [7, 11) is 5.44. The van der Waals surface area contributed by atoms with Crippen LogP contribution in [-0.4, -0.2) is 51.2 Å². The molecule has 0 spiro atoms. The summed E-state index contributed by atoms with van der Waals surface area (Å²) < 4.78 is 4.78. The highest BCUT2D eigenvalue weighted by molar-refractivity contribution is 5.76. The summed E-state index contributed by atoms with van der Waals surface area (Å²) in [5, 5.41) is 3.23. The van der Waals surface area contributed by atoms with E-state index in [-0.39, 0.29) is 17.4 Å². The van der Waals surface area contributed by atoms with E-state index in [1.807, 2.05) is 34.9 Å². The van der Waals surface area contributed by atoms with Gasteiger partial charge in [-0.2, -0.15) is 0 Å². The number of esters is 1. The zero-order valence-corrected chi connectivity index (χ0v) is 10.8. The van der Waals surface area contributed by atoms with Gasteiger partial charge in [-0.3, -0.25) is 4.79 Å². The molecule has 0 bridgehead atoms. The second kappa shape index (κ2) is 6.08. The Morgan fingerprint density at radius 3 is 2.27 bits per heavy atom. The molecule has 0 radical (unpaired) electrons. The van der Waals surface area contributed by atoms with Crippen molar-refractivity contribution in [3.63, 3.8) is 0 Å². The van der Waals surface area contributed by atoms with E-state index < -0.39 is 0 Å². The Morgan fingerprint density at radius 1 is 1.40 bits per heavy atom. The molecule has 0 aliphatic heterocycles. The van der Waals surface area contributed by atoms with Crippen molar-refractivity contribution in [2.45, 2.75) is 26.8 Å². The fraction of sp³-hybridized carbons (Fsp3) is 0.909. The van der Waals surface area contributed by atoms with Crippen molar-refractivity contribution in [1.29, 1.82) is 0 Å². The number of nitrogens with one attached hydrogen (secondary N) is 1. The minimum atomic E-state index is -0.248. The molecule has 0 fully saturated rings. The molecule has 0 heterocycles. The number of carbonyl (C=O) groups is 1. The lowest BCUT2D eigenvalue weighted by atomic mass is 9.87. The predicted molar refractivity (Wildman–Crippen MR) is 61.8 cm³/mol. The molecule has 1 N–H and O–H groups in total. The van der Waals surface area contributed by atoms with E-state index in [0.29, 0.717) is 0 Å². The SMILES string of the molecule is COC(=O)C(NCCN(C)C)C(C)(C)C. The molecular weight excluding hydrogens is 192 g/mol. The van der Waals surface area contributed by atoms with Gasteiger partial charge in [0.15, 0.2) is 0 Å². The molecule has 0 rings (SSSR count). The molecule has 4 nitrogen and oxygen atoms in total. The lowest BCUT2D eigenvalue weighted by molar-refractivity contribution is -0.146. The van der Waals surface area contributed by atoms with Crippen molar-refractivity contribution in [3.8, 4) is 0 Å². The maximum absolute atomic E-state index is 11.5. The zero-order valence-electron chi connectivity index (χ0n) is 10.8. The number of ether oxygens (including phenoxy) is 1. The lowest BCUT2D eigenvalue weighted by Gasteiger charge is -2.29. The third kappa shape index (κ3) is 5.74. The van der Waals surface area contributed by atoms with Gasteiger partial charge in [-0.05, 0) is 19.5 Å². The van der Waals surface area contributed by atoms with Crippen molar-refractivity contribution >= 4 is 5.97 Å². The van der Waals surface area contributed by atoms with Gasteiger partial charge in [-0.1, -0.05) is 20.8 Å². The van der Waals surface area contributed by atoms with Crippen LogP contribution in [0, 0.1) is 5.41 Å². The van der Waals surface area contributed by atoms with Gasteiger partial charge in [0.25, 0.3) is 0 Å². The maximum atomic E-state index is 11.5. The van der Waals surface area contributed by atoms with Gasteiger partial charge in [0, 0.05) is 13.1 Å². The van der Waals surface area contributed by atoms with Crippen LogP contribution in [0.15, 0.2) is 0 Å². The Labute approximate surface area is 93.0 Å². The average Bonchev–Trinajstić information content (AvgIpc) is 2.09. The van der Waals surface area contributed by atoms with Crippen LogP contribution in [0.2, 0.25) is 0 Å². The number of methoxy groups -OCH3 is 1. The zero-order chi connectivity index (χ0) is 12.1. The molecule has 0 aliphatic rings. The Bertz CT molecular complexity index is 197. The fourth-order valence-corrected chi connectivity index (χ4v) is 1.29. The highest BCUT2D eigenvalue weighted by Crippen LogP contribution is 2.19. The lowest BCUT2D eigenvalue weighted by Crippen LogP contribution is -2.48. The van der Waals surface area contributed by atoms with Gasteiger partial charge >= 0.3 is 5.97 Å². The number of rotatable bonds is 5. The average molecular weight is 216 g/mol. The van der Waals surface area contributed by atoms with Gasteiger partial charge in [0.2, 0.25) is 0 Å². The van der Waals surface area contributed by atoms with Crippen LogP contribution >= 0.6 is 0 Å². The molecule has 4 heteroatoms. The molecule has 0 saturated carbocycles. The van der Waals surface area contributed by atoms with E-state index in [2.05, 4.69) is 10.2 Å². The molecule has 1 atom stereocenters.